The minimum atomic E-state index is -0.835. The first kappa shape index (κ1) is 19.2. The smallest absolute Gasteiger partial charge is 0.375 e. The van der Waals surface area contributed by atoms with Crippen LogP contribution in [0.25, 0.3) is 27.6 Å². The predicted molar refractivity (Wildman–Crippen MR) is 107 cm³/mol. The Balaban J connectivity index is 1.61. The van der Waals surface area contributed by atoms with Crippen LogP contribution >= 0.6 is 0 Å². The SMILES string of the molecule is Cc1c(C(=O)OC/C(O)=C(\C#N)c2nc3ccccc3n2C)oc2ccc(F)cc12. The van der Waals surface area contributed by atoms with Crippen LogP contribution in [-0.4, -0.2) is 27.2 Å². The molecule has 4 aromatic rings. The molecule has 4 rings (SSSR count). The lowest BCUT2D eigenvalue weighted by Crippen LogP contribution is -2.10. The number of hydrogen-bond acceptors (Lipinski definition) is 6. The lowest BCUT2D eigenvalue weighted by atomic mass is 10.1. The van der Waals surface area contributed by atoms with Crippen LogP contribution in [0.3, 0.4) is 0 Å². The molecule has 2 heterocycles. The first-order chi connectivity index (χ1) is 14.4. The Kier molecular flexibility index (Phi) is 4.72. The summed E-state index contributed by atoms with van der Waals surface area (Å²) in [7, 11) is 1.72. The maximum atomic E-state index is 13.4. The molecule has 0 fully saturated rings. The van der Waals surface area contributed by atoms with E-state index in [4.69, 9.17) is 9.15 Å². The summed E-state index contributed by atoms with van der Waals surface area (Å²) in [6.45, 7) is 1.06. The largest absolute Gasteiger partial charge is 0.507 e. The molecule has 0 amide bonds. The predicted octanol–water partition coefficient (Wildman–Crippen LogP) is 4.42. The van der Waals surface area contributed by atoms with E-state index in [1.165, 1.54) is 18.2 Å². The van der Waals surface area contributed by atoms with E-state index in [0.717, 1.165) is 5.52 Å². The first-order valence-electron chi connectivity index (χ1n) is 9.00. The van der Waals surface area contributed by atoms with E-state index >= 15 is 0 Å². The van der Waals surface area contributed by atoms with Gasteiger partial charge in [-0.25, -0.2) is 14.2 Å². The number of aliphatic hydroxyl groups excluding tert-OH is 1. The maximum absolute atomic E-state index is 13.4. The van der Waals surface area contributed by atoms with Crippen LogP contribution in [0.15, 0.2) is 52.6 Å². The molecule has 1 N–H and O–H groups in total. The molecule has 30 heavy (non-hydrogen) atoms. The van der Waals surface area contributed by atoms with Gasteiger partial charge in [0.25, 0.3) is 0 Å². The van der Waals surface area contributed by atoms with Gasteiger partial charge in [0.05, 0.1) is 11.0 Å². The number of furan rings is 1. The van der Waals surface area contributed by atoms with Crippen LogP contribution in [0, 0.1) is 24.1 Å². The van der Waals surface area contributed by atoms with Crippen molar-refractivity contribution in [2.24, 2.45) is 7.05 Å². The van der Waals surface area contributed by atoms with Crippen LogP contribution < -0.4 is 0 Å². The molecule has 0 aliphatic rings. The van der Waals surface area contributed by atoms with Crippen molar-refractivity contribution < 1.29 is 23.4 Å². The number of imidazole rings is 1. The van der Waals surface area contributed by atoms with Crippen LogP contribution in [0.1, 0.15) is 21.9 Å². The molecule has 150 valence electrons. The van der Waals surface area contributed by atoms with Gasteiger partial charge in [-0.05, 0) is 37.3 Å². The number of carbonyl (C=O) groups is 1. The van der Waals surface area contributed by atoms with Gasteiger partial charge in [-0.3, -0.25) is 0 Å². The van der Waals surface area contributed by atoms with Crippen LogP contribution in [0.2, 0.25) is 0 Å². The lowest BCUT2D eigenvalue weighted by Gasteiger charge is -2.06. The summed E-state index contributed by atoms with van der Waals surface area (Å²) in [4.78, 5) is 16.8. The zero-order chi connectivity index (χ0) is 21.4. The van der Waals surface area contributed by atoms with E-state index in [1.807, 2.05) is 24.3 Å². The van der Waals surface area contributed by atoms with Gasteiger partial charge in [0.15, 0.2) is 18.2 Å². The number of rotatable bonds is 4. The zero-order valence-corrected chi connectivity index (χ0v) is 16.1. The summed E-state index contributed by atoms with van der Waals surface area (Å²) in [5.41, 5.74) is 2.12. The van der Waals surface area contributed by atoms with Crippen molar-refractivity contribution in [2.75, 3.05) is 6.61 Å². The zero-order valence-electron chi connectivity index (χ0n) is 16.1. The fourth-order valence-corrected chi connectivity index (χ4v) is 3.27. The quantitative estimate of drug-likeness (QED) is 0.306. The van der Waals surface area contributed by atoms with E-state index in [-0.39, 0.29) is 17.2 Å². The lowest BCUT2D eigenvalue weighted by molar-refractivity contribution is 0.0468. The minimum Gasteiger partial charge on any atom is -0.507 e. The Hall–Kier alpha value is -4.12. The van der Waals surface area contributed by atoms with Gasteiger partial charge < -0.3 is 18.8 Å². The second-order valence-electron chi connectivity index (χ2n) is 6.69. The number of hydrogen-bond donors (Lipinski definition) is 1. The second kappa shape index (κ2) is 7.37. The van der Waals surface area contributed by atoms with Crippen LogP contribution in [-0.2, 0) is 11.8 Å². The van der Waals surface area contributed by atoms with E-state index in [1.54, 1.807) is 24.6 Å². The Labute approximate surface area is 170 Å². The van der Waals surface area contributed by atoms with Crippen LogP contribution in [0.4, 0.5) is 4.39 Å². The normalized spacial score (nSPS) is 12.1. The number of aliphatic hydroxyl groups is 1. The number of fused-ring (bicyclic) bond motifs is 2. The summed E-state index contributed by atoms with van der Waals surface area (Å²) in [5, 5.41) is 20.4. The summed E-state index contributed by atoms with van der Waals surface area (Å²) in [6, 6.07) is 13.1. The van der Waals surface area contributed by atoms with E-state index in [0.29, 0.717) is 22.0 Å². The van der Waals surface area contributed by atoms with Crippen molar-refractivity contribution in [3.63, 3.8) is 0 Å². The van der Waals surface area contributed by atoms with E-state index in [2.05, 4.69) is 4.98 Å². The Morgan fingerprint density at radius 1 is 1.33 bits per heavy atom. The molecule has 0 saturated heterocycles. The highest BCUT2D eigenvalue weighted by Gasteiger charge is 2.22. The van der Waals surface area contributed by atoms with Crippen molar-refractivity contribution in [3.8, 4) is 6.07 Å². The third-order valence-electron chi connectivity index (χ3n) is 4.83. The molecule has 0 aliphatic heterocycles. The highest BCUT2D eigenvalue weighted by atomic mass is 19.1. The van der Waals surface area contributed by atoms with E-state index in [9.17, 15) is 19.6 Å². The number of aromatic nitrogens is 2. The van der Waals surface area contributed by atoms with Gasteiger partial charge >= 0.3 is 5.97 Å². The molecular formula is C22H16FN3O4. The Morgan fingerprint density at radius 3 is 2.83 bits per heavy atom. The third-order valence-corrected chi connectivity index (χ3v) is 4.83. The van der Waals surface area contributed by atoms with Gasteiger partial charge in [0, 0.05) is 18.0 Å². The molecule has 0 saturated carbocycles. The third kappa shape index (κ3) is 3.16. The highest BCUT2D eigenvalue weighted by molar-refractivity contribution is 5.96. The van der Waals surface area contributed by atoms with Gasteiger partial charge in [0.2, 0.25) is 5.76 Å². The number of carbonyl (C=O) groups excluding carboxylic acids is 1. The maximum Gasteiger partial charge on any atom is 0.375 e. The van der Waals surface area contributed by atoms with Gasteiger partial charge in [-0.15, -0.1) is 0 Å². The van der Waals surface area contributed by atoms with Crippen molar-refractivity contribution in [3.05, 3.63) is 71.2 Å². The fourth-order valence-electron chi connectivity index (χ4n) is 3.27. The second-order valence-corrected chi connectivity index (χ2v) is 6.69. The number of nitriles is 1. The topological polar surface area (TPSA) is 101 Å². The van der Waals surface area contributed by atoms with Crippen LogP contribution in [0.5, 0.6) is 0 Å². The highest BCUT2D eigenvalue weighted by Crippen LogP contribution is 2.27. The molecule has 2 aromatic heterocycles. The summed E-state index contributed by atoms with van der Waals surface area (Å²) >= 11 is 0. The van der Waals surface area contributed by atoms with Crippen molar-refractivity contribution in [1.29, 1.82) is 5.26 Å². The number of para-hydroxylation sites is 2. The molecular weight excluding hydrogens is 389 g/mol. The van der Waals surface area contributed by atoms with Crippen molar-refractivity contribution >= 4 is 33.5 Å². The summed E-state index contributed by atoms with van der Waals surface area (Å²) in [5.74, 6) is -1.57. The molecule has 0 atom stereocenters. The Bertz CT molecular complexity index is 1370. The average Bonchev–Trinajstić information content (AvgIpc) is 3.24. The van der Waals surface area contributed by atoms with E-state index < -0.39 is 24.2 Å². The molecule has 0 aliphatic carbocycles. The number of nitrogens with zero attached hydrogens (tertiary/aromatic N) is 3. The number of allylic oxidation sites excluding steroid dienone is 1. The van der Waals surface area contributed by atoms with Crippen molar-refractivity contribution in [2.45, 2.75) is 6.92 Å². The molecule has 8 heteroatoms. The number of aryl methyl sites for hydroxylation is 2. The van der Waals surface area contributed by atoms with Gasteiger partial charge in [-0.1, -0.05) is 12.1 Å². The number of ether oxygens (including phenoxy) is 1. The molecule has 0 bridgehead atoms. The fraction of sp³-hybridized carbons (Fsp3) is 0.136. The summed E-state index contributed by atoms with van der Waals surface area (Å²) in [6.07, 6.45) is 0. The first-order valence-corrected chi connectivity index (χ1v) is 9.00. The standard InChI is InChI=1S/C22H16FN3O4/c1-12-14-9-13(23)7-8-19(14)30-20(12)22(28)29-11-18(27)15(10-24)21-25-16-5-3-4-6-17(16)26(21)2/h3-9,27H,11H2,1-2H3/b18-15-. The molecule has 0 unspecified atom stereocenters. The summed E-state index contributed by atoms with van der Waals surface area (Å²) < 4.78 is 25.7. The molecule has 0 radical (unpaired) electrons. The number of benzene rings is 2. The molecule has 0 spiro atoms. The minimum absolute atomic E-state index is 0.0929. The average molecular weight is 405 g/mol. The van der Waals surface area contributed by atoms with Gasteiger partial charge in [0.1, 0.15) is 23.0 Å². The molecule has 7 nitrogen and oxygen atoms in total. The number of halogens is 1. The monoisotopic (exact) mass is 405 g/mol. The van der Waals surface area contributed by atoms with Gasteiger partial charge in [-0.2, -0.15) is 5.26 Å². The number of esters is 1. The van der Waals surface area contributed by atoms with Crippen molar-refractivity contribution in [1.82, 2.24) is 9.55 Å². The Morgan fingerprint density at radius 2 is 2.10 bits per heavy atom. The molecule has 2 aromatic carbocycles.